The molecule has 1 fully saturated rings. The van der Waals surface area contributed by atoms with Gasteiger partial charge in [0, 0.05) is 31.9 Å². The lowest BCUT2D eigenvalue weighted by atomic mass is 10.0. The fraction of sp³-hybridized carbons (Fsp3) is 0.667. The monoisotopic (exact) mass is 237 g/mol. The van der Waals surface area contributed by atoms with Crippen LogP contribution in [0.3, 0.4) is 0 Å². The summed E-state index contributed by atoms with van der Waals surface area (Å²) in [6.45, 7) is 6.32. The van der Waals surface area contributed by atoms with Gasteiger partial charge in [0.25, 0.3) is 0 Å². The van der Waals surface area contributed by atoms with Crippen LogP contribution in [0.15, 0.2) is 12.3 Å². The summed E-state index contributed by atoms with van der Waals surface area (Å²) < 4.78 is 1.98. The van der Waals surface area contributed by atoms with E-state index >= 15 is 0 Å². The molecule has 2 heterocycles. The molecule has 1 atom stereocenters. The van der Waals surface area contributed by atoms with Crippen molar-refractivity contribution in [1.82, 2.24) is 14.7 Å². The minimum absolute atomic E-state index is 0.188. The number of hydrogen-bond donors (Lipinski definition) is 1. The third-order valence-corrected chi connectivity index (χ3v) is 3.40. The summed E-state index contributed by atoms with van der Waals surface area (Å²) in [7, 11) is 0. The van der Waals surface area contributed by atoms with Gasteiger partial charge in [0.05, 0.1) is 11.6 Å². The molecule has 0 aromatic carbocycles. The normalized spacial score (nSPS) is 18.9. The Morgan fingerprint density at radius 1 is 1.65 bits per heavy atom. The summed E-state index contributed by atoms with van der Waals surface area (Å²) in [5.74, 6) is -0.877. The molecule has 1 unspecified atom stereocenters. The average molecular weight is 237 g/mol. The molecular formula is C12H19N3O2. The number of rotatable bonds is 5. The quantitative estimate of drug-likeness (QED) is 0.840. The lowest BCUT2D eigenvalue weighted by Gasteiger charge is -2.35. The van der Waals surface area contributed by atoms with Crippen LogP contribution in [0.5, 0.6) is 0 Å². The van der Waals surface area contributed by atoms with Gasteiger partial charge in [-0.25, -0.2) is 0 Å². The Balaban J connectivity index is 1.84. The summed E-state index contributed by atoms with van der Waals surface area (Å²) >= 11 is 0. The zero-order chi connectivity index (χ0) is 12.4. The van der Waals surface area contributed by atoms with Gasteiger partial charge in [-0.3, -0.25) is 14.4 Å². The predicted octanol–water partition coefficient (Wildman–Crippen LogP) is 1.37. The molecule has 2 rings (SSSR count). The molecule has 1 saturated heterocycles. The highest BCUT2D eigenvalue weighted by atomic mass is 16.4. The molecule has 94 valence electrons. The molecule has 1 aromatic heterocycles. The fourth-order valence-electron chi connectivity index (χ4n) is 1.98. The third kappa shape index (κ3) is 2.66. The second-order valence-electron chi connectivity index (χ2n) is 4.77. The number of carbonyl (C=O) groups is 1. The minimum atomic E-state index is -0.689. The first-order valence-electron chi connectivity index (χ1n) is 6.09. The molecular weight excluding hydrogens is 218 g/mol. The van der Waals surface area contributed by atoms with Crippen molar-refractivity contribution in [3.63, 3.8) is 0 Å². The highest BCUT2D eigenvalue weighted by Crippen LogP contribution is 2.18. The van der Waals surface area contributed by atoms with E-state index in [0.717, 1.165) is 18.7 Å². The van der Waals surface area contributed by atoms with Gasteiger partial charge in [0.1, 0.15) is 0 Å². The lowest BCUT2D eigenvalue weighted by Crippen LogP contribution is -2.49. The van der Waals surface area contributed by atoms with Crippen LogP contribution in [0, 0.1) is 5.92 Å². The van der Waals surface area contributed by atoms with Gasteiger partial charge in [-0.15, -0.1) is 0 Å². The second-order valence-corrected chi connectivity index (χ2v) is 4.77. The van der Waals surface area contributed by atoms with E-state index in [4.69, 9.17) is 5.11 Å². The van der Waals surface area contributed by atoms with E-state index in [1.807, 2.05) is 16.9 Å². The Hall–Kier alpha value is -1.36. The zero-order valence-corrected chi connectivity index (χ0v) is 10.3. The summed E-state index contributed by atoms with van der Waals surface area (Å²) in [6.07, 6.45) is 3.06. The largest absolute Gasteiger partial charge is 0.481 e. The molecule has 1 N–H and O–H groups in total. The van der Waals surface area contributed by atoms with E-state index in [1.54, 1.807) is 0 Å². The Morgan fingerprint density at radius 3 is 2.94 bits per heavy atom. The van der Waals surface area contributed by atoms with Crippen molar-refractivity contribution < 1.29 is 9.90 Å². The molecule has 0 radical (unpaired) electrons. The van der Waals surface area contributed by atoms with E-state index in [2.05, 4.69) is 23.8 Å². The molecule has 0 aliphatic carbocycles. The molecule has 0 amide bonds. The van der Waals surface area contributed by atoms with Gasteiger partial charge < -0.3 is 5.11 Å². The summed E-state index contributed by atoms with van der Waals surface area (Å²) in [5, 5.41) is 13.3. The number of hydrogen-bond acceptors (Lipinski definition) is 3. The molecule has 1 aliphatic rings. The second kappa shape index (κ2) is 4.87. The van der Waals surface area contributed by atoms with E-state index in [9.17, 15) is 4.79 Å². The van der Waals surface area contributed by atoms with Gasteiger partial charge in [-0.1, -0.05) is 6.92 Å². The third-order valence-electron chi connectivity index (χ3n) is 3.40. The summed E-state index contributed by atoms with van der Waals surface area (Å²) in [4.78, 5) is 12.8. The Kier molecular flexibility index (Phi) is 3.47. The van der Waals surface area contributed by atoms with Crippen LogP contribution in [-0.4, -0.2) is 38.8 Å². The van der Waals surface area contributed by atoms with Crippen LogP contribution in [-0.2, 0) is 11.3 Å². The van der Waals surface area contributed by atoms with Gasteiger partial charge in [0.2, 0.25) is 0 Å². The van der Waals surface area contributed by atoms with Crippen molar-refractivity contribution in [3.8, 4) is 0 Å². The Bertz CT molecular complexity index is 396. The van der Waals surface area contributed by atoms with Crippen molar-refractivity contribution in [1.29, 1.82) is 0 Å². The smallest absolute Gasteiger partial charge is 0.309 e. The van der Waals surface area contributed by atoms with Crippen LogP contribution in [0.4, 0.5) is 0 Å². The topological polar surface area (TPSA) is 58.4 Å². The number of carboxylic acids is 1. The van der Waals surface area contributed by atoms with Crippen molar-refractivity contribution in [2.45, 2.75) is 32.9 Å². The maximum absolute atomic E-state index is 10.7. The average Bonchev–Trinajstić information content (AvgIpc) is 2.69. The summed E-state index contributed by atoms with van der Waals surface area (Å²) in [6, 6.07) is 2.44. The highest BCUT2D eigenvalue weighted by molar-refractivity contribution is 5.71. The van der Waals surface area contributed by atoms with Crippen molar-refractivity contribution in [2.24, 2.45) is 5.92 Å². The predicted molar refractivity (Wildman–Crippen MR) is 63.6 cm³/mol. The molecule has 17 heavy (non-hydrogen) atoms. The standard InChI is InChI=1S/C12H19N3O2/c1-3-9(2)15-5-4-11(13-15)8-14-6-10(7-14)12(16)17/h4-5,9-10H,3,6-8H2,1-2H3,(H,16,17). The SMILES string of the molecule is CCC(C)n1ccc(CN2CC(C(=O)O)C2)n1. The number of carboxylic acid groups (broad SMARTS) is 1. The number of likely N-dealkylation sites (tertiary alicyclic amines) is 1. The molecule has 1 aromatic rings. The van der Waals surface area contributed by atoms with Crippen LogP contribution < -0.4 is 0 Å². The minimum Gasteiger partial charge on any atom is -0.481 e. The van der Waals surface area contributed by atoms with Gasteiger partial charge in [-0.05, 0) is 19.4 Å². The molecule has 1 aliphatic heterocycles. The van der Waals surface area contributed by atoms with E-state index in [0.29, 0.717) is 19.1 Å². The van der Waals surface area contributed by atoms with Crippen molar-refractivity contribution in [3.05, 3.63) is 18.0 Å². The van der Waals surface area contributed by atoms with Gasteiger partial charge in [0.15, 0.2) is 0 Å². The van der Waals surface area contributed by atoms with Crippen LogP contribution >= 0.6 is 0 Å². The molecule has 0 spiro atoms. The first kappa shape index (κ1) is 12.1. The molecule has 0 bridgehead atoms. The van der Waals surface area contributed by atoms with E-state index < -0.39 is 5.97 Å². The van der Waals surface area contributed by atoms with Gasteiger partial charge in [-0.2, -0.15) is 5.10 Å². The Labute approximate surface area is 101 Å². The van der Waals surface area contributed by atoms with Crippen LogP contribution in [0.25, 0.3) is 0 Å². The first-order chi connectivity index (χ1) is 8.10. The molecule has 5 nitrogen and oxygen atoms in total. The Morgan fingerprint density at radius 2 is 2.35 bits per heavy atom. The first-order valence-corrected chi connectivity index (χ1v) is 6.09. The van der Waals surface area contributed by atoms with E-state index in [1.165, 1.54) is 0 Å². The lowest BCUT2D eigenvalue weighted by molar-refractivity contribution is -0.147. The molecule has 5 heteroatoms. The maximum atomic E-state index is 10.7. The highest BCUT2D eigenvalue weighted by Gasteiger charge is 2.32. The van der Waals surface area contributed by atoms with Crippen molar-refractivity contribution in [2.75, 3.05) is 13.1 Å². The van der Waals surface area contributed by atoms with Crippen molar-refractivity contribution >= 4 is 5.97 Å². The fourth-order valence-corrected chi connectivity index (χ4v) is 1.98. The zero-order valence-electron chi connectivity index (χ0n) is 10.3. The number of aromatic nitrogens is 2. The number of nitrogens with zero attached hydrogens (tertiary/aromatic N) is 3. The number of aliphatic carboxylic acids is 1. The summed E-state index contributed by atoms with van der Waals surface area (Å²) in [5.41, 5.74) is 1.02. The molecule has 0 saturated carbocycles. The van der Waals surface area contributed by atoms with E-state index in [-0.39, 0.29) is 5.92 Å². The van der Waals surface area contributed by atoms with Crippen LogP contribution in [0.2, 0.25) is 0 Å². The van der Waals surface area contributed by atoms with Gasteiger partial charge >= 0.3 is 5.97 Å². The maximum Gasteiger partial charge on any atom is 0.309 e. The van der Waals surface area contributed by atoms with Crippen LogP contribution in [0.1, 0.15) is 32.0 Å².